The standard InChI is InChI=1S/C24H34N2Si2/c1-3-11-21(12-4-1)25(23-15-7-8-16-23)27-19-28(20-27)26(24-17-9-10-18-24)22-13-5-2-6-14-22/h1-6,11-14,23-24,27-28H,7-10,15-20H2. The molecule has 2 nitrogen and oxygen atoms in total. The maximum Gasteiger partial charge on any atom is 0.138 e. The van der Waals surface area contributed by atoms with Crippen LogP contribution in [-0.2, 0) is 0 Å². The Labute approximate surface area is 173 Å². The molecule has 1 aliphatic heterocycles. The van der Waals surface area contributed by atoms with E-state index in [2.05, 4.69) is 69.8 Å². The van der Waals surface area contributed by atoms with Gasteiger partial charge in [-0.25, -0.2) is 0 Å². The zero-order valence-electron chi connectivity index (χ0n) is 17.0. The van der Waals surface area contributed by atoms with Crippen molar-refractivity contribution in [2.45, 2.75) is 74.8 Å². The Hall–Kier alpha value is -1.53. The molecule has 28 heavy (non-hydrogen) atoms. The number of para-hydroxylation sites is 2. The first-order chi connectivity index (χ1) is 13.9. The van der Waals surface area contributed by atoms with Gasteiger partial charge in [0.15, 0.2) is 0 Å². The third kappa shape index (κ3) is 3.69. The van der Waals surface area contributed by atoms with Gasteiger partial charge in [-0.15, -0.1) is 0 Å². The summed E-state index contributed by atoms with van der Waals surface area (Å²) >= 11 is 0. The number of hydrogen-bond donors (Lipinski definition) is 0. The normalized spacial score (nSPS) is 25.6. The highest BCUT2D eigenvalue weighted by atomic mass is 28.4. The Balaban J connectivity index is 1.34. The average Bonchev–Trinajstić information content (AvgIpc) is 3.42. The highest BCUT2D eigenvalue weighted by molar-refractivity contribution is 6.98. The van der Waals surface area contributed by atoms with Gasteiger partial charge in [0.25, 0.3) is 0 Å². The summed E-state index contributed by atoms with van der Waals surface area (Å²) in [6.45, 7) is 0. The lowest BCUT2D eigenvalue weighted by molar-refractivity contribution is 0.683. The van der Waals surface area contributed by atoms with Crippen molar-refractivity contribution in [3.8, 4) is 0 Å². The molecule has 0 radical (unpaired) electrons. The third-order valence-electron chi connectivity index (χ3n) is 7.42. The molecule has 2 saturated carbocycles. The highest BCUT2D eigenvalue weighted by Gasteiger charge is 2.44. The first-order valence-electron chi connectivity index (χ1n) is 11.6. The van der Waals surface area contributed by atoms with Gasteiger partial charge in [-0.05, 0) is 61.3 Å². The monoisotopic (exact) mass is 406 g/mol. The fourth-order valence-corrected chi connectivity index (χ4v) is 17.1. The second-order valence-electron chi connectivity index (χ2n) is 9.14. The molecule has 3 aliphatic rings. The van der Waals surface area contributed by atoms with Gasteiger partial charge in [0, 0.05) is 23.5 Å². The van der Waals surface area contributed by atoms with Crippen molar-refractivity contribution in [1.82, 2.24) is 0 Å². The van der Waals surface area contributed by atoms with Crippen LogP contribution in [0.3, 0.4) is 0 Å². The lowest BCUT2D eigenvalue weighted by Gasteiger charge is -2.51. The van der Waals surface area contributed by atoms with Crippen LogP contribution in [0.25, 0.3) is 0 Å². The lowest BCUT2D eigenvalue weighted by Crippen LogP contribution is -2.63. The van der Waals surface area contributed by atoms with E-state index in [9.17, 15) is 0 Å². The summed E-state index contributed by atoms with van der Waals surface area (Å²) in [5, 5.41) is 0. The number of hydrogen-bond acceptors (Lipinski definition) is 2. The molecule has 0 spiro atoms. The van der Waals surface area contributed by atoms with Crippen molar-refractivity contribution in [2.24, 2.45) is 0 Å². The van der Waals surface area contributed by atoms with Gasteiger partial charge in [0.1, 0.15) is 17.9 Å². The molecule has 0 unspecified atom stereocenters. The van der Waals surface area contributed by atoms with E-state index in [1.165, 1.54) is 62.7 Å². The van der Waals surface area contributed by atoms with E-state index in [0.29, 0.717) is 0 Å². The van der Waals surface area contributed by atoms with E-state index in [4.69, 9.17) is 0 Å². The molecule has 0 atom stereocenters. The van der Waals surface area contributed by atoms with Crippen LogP contribution in [0.15, 0.2) is 60.7 Å². The Kier molecular flexibility index (Phi) is 5.59. The van der Waals surface area contributed by atoms with E-state index in [0.717, 1.165) is 12.1 Å². The summed E-state index contributed by atoms with van der Waals surface area (Å²) < 4.78 is 5.96. The minimum atomic E-state index is -0.823. The van der Waals surface area contributed by atoms with E-state index >= 15 is 0 Å². The van der Waals surface area contributed by atoms with Crippen molar-refractivity contribution >= 4 is 29.3 Å². The van der Waals surface area contributed by atoms with Gasteiger partial charge in [-0.3, -0.25) is 0 Å². The fourth-order valence-electron chi connectivity index (χ4n) is 6.02. The number of nitrogens with zero attached hydrogens (tertiary/aromatic N) is 2. The lowest BCUT2D eigenvalue weighted by atomic mass is 10.2. The molecule has 0 N–H and O–H groups in total. The maximum atomic E-state index is 2.98. The Morgan fingerprint density at radius 1 is 0.536 bits per heavy atom. The molecule has 4 heteroatoms. The van der Waals surface area contributed by atoms with Gasteiger partial charge in [-0.1, -0.05) is 62.1 Å². The van der Waals surface area contributed by atoms with E-state index in [1.54, 1.807) is 11.3 Å². The fraction of sp³-hybridized carbons (Fsp3) is 0.500. The van der Waals surface area contributed by atoms with Crippen LogP contribution < -0.4 is 9.13 Å². The molecule has 0 aromatic heterocycles. The van der Waals surface area contributed by atoms with Crippen molar-refractivity contribution in [1.29, 1.82) is 0 Å². The van der Waals surface area contributed by atoms with Gasteiger partial charge in [0.05, 0.1) is 0 Å². The molecular formula is C24H34N2Si2. The molecule has 0 bridgehead atoms. The summed E-state index contributed by atoms with van der Waals surface area (Å²) in [4.78, 5) is 0. The van der Waals surface area contributed by atoms with Gasteiger partial charge < -0.3 is 9.13 Å². The van der Waals surface area contributed by atoms with Gasteiger partial charge in [0.2, 0.25) is 0 Å². The molecule has 2 aliphatic carbocycles. The second-order valence-corrected chi connectivity index (χ2v) is 16.6. The van der Waals surface area contributed by atoms with Crippen LogP contribution in [0.5, 0.6) is 0 Å². The molecule has 0 amide bonds. The average molecular weight is 407 g/mol. The minimum absolute atomic E-state index is 0.823. The smallest absolute Gasteiger partial charge is 0.138 e. The van der Waals surface area contributed by atoms with Gasteiger partial charge >= 0.3 is 0 Å². The number of rotatable bonds is 6. The third-order valence-corrected chi connectivity index (χ3v) is 19.1. The van der Waals surface area contributed by atoms with Crippen molar-refractivity contribution in [3.05, 3.63) is 60.7 Å². The number of anilines is 2. The minimum Gasteiger partial charge on any atom is -0.398 e. The Morgan fingerprint density at radius 3 is 1.25 bits per heavy atom. The predicted octanol–water partition coefficient (Wildman–Crippen LogP) is 5.42. The van der Waals surface area contributed by atoms with E-state index < -0.39 is 17.9 Å². The molecule has 1 heterocycles. The topological polar surface area (TPSA) is 6.48 Å². The molecule has 5 rings (SSSR count). The van der Waals surface area contributed by atoms with Crippen LogP contribution in [0, 0.1) is 0 Å². The molecule has 2 aromatic rings. The summed E-state index contributed by atoms with van der Waals surface area (Å²) in [7, 11) is -1.65. The zero-order chi connectivity index (χ0) is 18.8. The predicted molar refractivity (Wildman–Crippen MR) is 126 cm³/mol. The summed E-state index contributed by atoms with van der Waals surface area (Å²) in [5.74, 6) is 0. The second kappa shape index (κ2) is 8.46. The van der Waals surface area contributed by atoms with E-state index in [1.807, 2.05) is 0 Å². The van der Waals surface area contributed by atoms with Gasteiger partial charge in [-0.2, -0.15) is 0 Å². The SMILES string of the molecule is c1ccc(N(C2CCCC2)[SiH]2C[SiH](N(c3ccccc3)C3CCCC3)C2)cc1. The largest absolute Gasteiger partial charge is 0.398 e. The van der Waals surface area contributed by atoms with Crippen LogP contribution in [0.2, 0.25) is 11.3 Å². The summed E-state index contributed by atoms with van der Waals surface area (Å²) in [6, 6.07) is 24.5. The Morgan fingerprint density at radius 2 is 0.893 bits per heavy atom. The zero-order valence-corrected chi connectivity index (χ0v) is 19.4. The number of benzene rings is 2. The first kappa shape index (κ1) is 18.5. The molecule has 148 valence electrons. The summed E-state index contributed by atoms with van der Waals surface area (Å²) in [5.41, 5.74) is 6.25. The van der Waals surface area contributed by atoms with Crippen LogP contribution in [-0.4, -0.2) is 30.0 Å². The van der Waals surface area contributed by atoms with Crippen molar-refractivity contribution in [3.63, 3.8) is 0 Å². The van der Waals surface area contributed by atoms with Crippen molar-refractivity contribution < 1.29 is 0 Å². The highest BCUT2D eigenvalue weighted by Crippen LogP contribution is 2.39. The van der Waals surface area contributed by atoms with Crippen molar-refractivity contribution in [2.75, 3.05) is 9.13 Å². The maximum absolute atomic E-state index is 2.98. The summed E-state index contributed by atoms with van der Waals surface area (Å²) in [6.07, 6.45) is 11.5. The Bertz CT molecular complexity index is 672. The molecule has 1 saturated heterocycles. The van der Waals surface area contributed by atoms with Crippen LogP contribution in [0.1, 0.15) is 51.4 Å². The molecule has 2 aromatic carbocycles. The molecular weight excluding hydrogens is 372 g/mol. The van der Waals surface area contributed by atoms with Crippen LogP contribution >= 0.6 is 0 Å². The van der Waals surface area contributed by atoms with Crippen LogP contribution in [0.4, 0.5) is 11.4 Å². The first-order valence-corrected chi connectivity index (χ1v) is 15.9. The molecule has 3 fully saturated rings. The van der Waals surface area contributed by atoms with E-state index in [-0.39, 0.29) is 0 Å². The quantitative estimate of drug-likeness (QED) is 0.591.